The molecule has 0 bridgehead atoms. The van der Waals surface area contributed by atoms with E-state index in [-0.39, 0.29) is 0 Å². The van der Waals surface area contributed by atoms with Crippen molar-refractivity contribution < 1.29 is 0 Å². The molecule has 0 radical (unpaired) electrons. The first-order valence-electron chi connectivity index (χ1n) is 4.07. The molecule has 2 unspecified atom stereocenters. The third-order valence-corrected chi connectivity index (χ3v) is 2.27. The number of rotatable bonds is 0. The van der Waals surface area contributed by atoms with Crippen LogP contribution in [0.4, 0.5) is 0 Å². The Bertz CT molecular complexity index is 135. The molecule has 0 saturated carbocycles. The average Bonchev–Trinajstić information content (AvgIpc) is 2.04. The third kappa shape index (κ3) is 1.73. The zero-order valence-corrected chi connectivity index (χ0v) is 7.04. The van der Waals surface area contributed by atoms with Gasteiger partial charge in [0.1, 0.15) is 0 Å². The van der Waals surface area contributed by atoms with Crippen LogP contribution >= 0.6 is 0 Å². The van der Waals surface area contributed by atoms with Crippen LogP contribution in [0.15, 0.2) is 24.3 Å². The van der Waals surface area contributed by atoms with E-state index in [9.17, 15) is 0 Å². The lowest BCUT2D eigenvalue weighted by Crippen LogP contribution is -1.99. The van der Waals surface area contributed by atoms with Gasteiger partial charge in [0.15, 0.2) is 0 Å². The Labute approximate surface area is 63.6 Å². The van der Waals surface area contributed by atoms with Crippen molar-refractivity contribution in [2.24, 2.45) is 17.8 Å². The van der Waals surface area contributed by atoms with Gasteiger partial charge in [-0.25, -0.2) is 0 Å². The van der Waals surface area contributed by atoms with E-state index in [4.69, 9.17) is 0 Å². The van der Waals surface area contributed by atoms with Gasteiger partial charge >= 0.3 is 0 Å². The molecule has 0 aromatic carbocycles. The van der Waals surface area contributed by atoms with Crippen molar-refractivity contribution in [3.63, 3.8) is 0 Å². The van der Waals surface area contributed by atoms with Gasteiger partial charge in [0, 0.05) is 0 Å². The second-order valence-electron chi connectivity index (χ2n) is 3.35. The first kappa shape index (κ1) is 7.59. The summed E-state index contributed by atoms with van der Waals surface area (Å²) in [4.78, 5) is 0. The van der Waals surface area contributed by atoms with Crippen LogP contribution in [0.1, 0.15) is 20.8 Å². The largest absolute Gasteiger partial charge is 0.0845 e. The molecule has 1 rings (SSSR count). The average molecular weight is 136 g/mol. The van der Waals surface area contributed by atoms with Crippen molar-refractivity contribution in [1.82, 2.24) is 0 Å². The molecule has 0 heteroatoms. The SMILES string of the molecule is CC1C=CC(C)C(C)C=C1. The Kier molecular flexibility index (Phi) is 2.31. The standard InChI is InChI=1S/C10H16/c1-8-4-6-9(2)10(3)7-5-8/h4-10H,1-3H3. The minimum atomic E-state index is 0.632. The Hall–Kier alpha value is -0.520. The molecule has 0 N–H and O–H groups in total. The molecule has 0 spiro atoms. The van der Waals surface area contributed by atoms with Crippen LogP contribution in [-0.4, -0.2) is 0 Å². The van der Waals surface area contributed by atoms with Gasteiger partial charge < -0.3 is 0 Å². The van der Waals surface area contributed by atoms with Gasteiger partial charge in [-0.2, -0.15) is 0 Å². The van der Waals surface area contributed by atoms with Crippen LogP contribution in [-0.2, 0) is 0 Å². The molecule has 0 nitrogen and oxygen atoms in total. The molecule has 1 aliphatic rings. The maximum absolute atomic E-state index is 2.31. The van der Waals surface area contributed by atoms with Crippen molar-refractivity contribution in [2.45, 2.75) is 20.8 Å². The minimum absolute atomic E-state index is 0.632. The van der Waals surface area contributed by atoms with Gasteiger partial charge in [-0.3, -0.25) is 0 Å². The monoisotopic (exact) mass is 136 g/mol. The van der Waals surface area contributed by atoms with Crippen LogP contribution < -0.4 is 0 Å². The summed E-state index contributed by atoms with van der Waals surface area (Å²) in [6.07, 6.45) is 9.19. The highest BCUT2D eigenvalue weighted by Gasteiger charge is 2.08. The van der Waals surface area contributed by atoms with Crippen LogP contribution in [0.2, 0.25) is 0 Å². The topological polar surface area (TPSA) is 0 Å². The van der Waals surface area contributed by atoms with Crippen molar-refractivity contribution >= 4 is 0 Å². The van der Waals surface area contributed by atoms with Gasteiger partial charge in [-0.05, 0) is 17.8 Å². The Balaban J connectivity index is 2.69. The number of hydrogen-bond acceptors (Lipinski definition) is 0. The lowest BCUT2D eigenvalue weighted by atomic mass is 9.97. The van der Waals surface area contributed by atoms with Gasteiger partial charge in [0.05, 0.1) is 0 Å². The van der Waals surface area contributed by atoms with E-state index in [1.54, 1.807) is 0 Å². The second-order valence-corrected chi connectivity index (χ2v) is 3.35. The molecule has 1 aliphatic carbocycles. The highest BCUT2D eigenvalue weighted by molar-refractivity contribution is 5.07. The van der Waals surface area contributed by atoms with Crippen LogP contribution in [0.5, 0.6) is 0 Å². The second kappa shape index (κ2) is 3.05. The van der Waals surface area contributed by atoms with E-state index in [0.717, 1.165) is 0 Å². The minimum Gasteiger partial charge on any atom is -0.0845 e. The fourth-order valence-corrected chi connectivity index (χ4v) is 1.12. The maximum Gasteiger partial charge on any atom is -0.00817 e. The van der Waals surface area contributed by atoms with E-state index in [2.05, 4.69) is 45.1 Å². The van der Waals surface area contributed by atoms with Crippen molar-refractivity contribution in [3.8, 4) is 0 Å². The van der Waals surface area contributed by atoms with Gasteiger partial charge in [0.2, 0.25) is 0 Å². The molecular formula is C10H16. The van der Waals surface area contributed by atoms with Crippen LogP contribution in [0.25, 0.3) is 0 Å². The highest BCUT2D eigenvalue weighted by atomic mass is 14.1. The lowest BCUT2D eigenvalue weighted by molar-refractivity contribution is 0.560. The summed E-state index contributed by atoms with van der Waals surface area (Å²) in [5.41, 5.74) is 0. The molecule has 0 amide bonds. The van der Waals surface area contributed by atoms with E-state index in [1.165, 1.54) is 0 Å². The summed E-state index contributed by atoms with van der Waals surface area (Å²) in [6, 6.07) is 0. The van der Waals surface area contributed by atoms with Gasteiger partial charge in [-0.15, -0.1) is 0 Å². The first-order valence-corrected chi connectivity index (χ1v) is 4.07. The van der Waals surface area contributed by atoms with Crippen molar-refractivity contribution in [1.29, 1.82) is 0 Å². The molecule has 0 heterocycles. The summed E-state index contributed by atoms with van der Waals surface area (Å²) in [5.74, 6) is 2.05. The fraction of sp³-hybridized carbons (Fsp3) is 0.600. The summed E-state index contributed by atoms with van der Waals surface area (Å²) < 4.78 is 0. The molecule has 56 valence electrons. The van der Waals surface area contributed by atoms with Crippen LogP contribution in [0, 0.1) is 17.8 Å². The van der Waals surface area contributed by atoms with E-state index >= 15 is 0 Å². The lowest BCUT2D eigenvalue weighted by Gasteiger charge is -2.08. The van der Waals surface area contributed by atoms with E-state index < -0.39 is 0 Å². The highest BCUT2D eigenvalue weighted by Crippen LogP contribution is 2.19. The Morgan fingerprint density at radius 1 is 0.700 bits per heavy atom. The molecule has 10 heavy (non-hydrogen) atoms. The Morgan fingerprint density at radius 2 is 1.10 bits per heavy atom. The fourth-order valence-electron chi connectivity index (χ4n) is 1.12. The van der Waals surface area contributed by atoms with Crippen molar-refractivity contribution in [3.05, 3.63) is 24.3 Å². The predicted molar refractivity (Wildman–Crippen MR) is 45.8 cm³/mol. The van der Waals surface area contributed by atoms with Gasteiger partial charge in [0.25, 0.3) is 0 Å². The smallest absolute Gasteiger partial charge is 0.00817 e. The predicted octanol–water partition coefficient (Wildman–Crippen LogP) is 3.02. The Morgan fingerprint density at radius 3 is 1.50 bits per heavy atom. The summed E-state index contributed by atoms with van der Waals surface area (Å²) in [6.45, 7) is 6.75. The third-order valence-electron chi connectivity index (χ3n) is 2.27. The van der Waals surface area contributed by atoms with Crippen LogP contribution in [0.3, 0.4) is 0 Å². The summed E-state index contributed by atoms with van der Waals surface area (Å²) in [5, 5.41) is 0. The molecule has 0 fully saturated rings. The molecule has 2 atom stereocenters. The number of allylic oxidation sites excluding steroid dienone is 4. The number of hydrogen-bond donors (Lipinski definition) is 0. The van der Waals surface area contributed by atoms with Crippen molar-refractivity contribution in [2.75, 3.05) is 0 Å². The van der Waals surface area contributed by atoms with E-state index in [1.807, 2.05) is 0 Å². The molecule has 0 saturated heterocycles. The molecule has 0 aromatic heterocycles. The first-order chi connectivity index (χ1) is 4.70. The normalized spacial score (nSPS) is 39.7. The summed E-state index contributed by atoms with van der Waals surface area (Å²) in [7, 11) is 0. The zero-order chi connectivity index (χ0) is 7.56. The molecular weight excluding hydrogens is 120 g/mol. The maximum atomic E-state index is 2.31. The quantitative estimate of drug-likeness (QED) is 0.449. The van der Waals surface area contributed by atoms with E-state index in [0.29, 0.717) is 17.8 Å². The zero-order valence-electron chi connectivity index (χ0n) is 7.04. The summed E-state index contributed by atoms with van der Waals surface area (Å²) >= 11 is 0. The molecule has 0 aliphatic heterocycles. The van der Waals surface area contributed by atoms with Gasteiger partial charge in [-0.1, -0.05) is 45.1 Å². The molecule has 0 aromatic rings.